The molecule has 0 bridgehead atoms. The Morgan fingerprint density at radius 3 is 2.57 bits per heavy atom. The quantitative estimate of drug-likeness (QED) is 0.767. The molecular formula is C23H26N2O3. The van der Waals surface area contributed by atoms with Gasteiger partial charge in [-0.2, -0.15) is 0 Å². The molecule has 1 aliphatic carbocycles. The maximum absolute atomic E-state index is 13.0. The Kier molecular flexibility index (Phi) is 5.18. The Labute approximate surface area is 165 Å². The number of anilines is 1. The highest BCUT2D eigenvalue weighted by molar-refractivity contribution is 5.97. The summed E-state index contributed by atoms with van der Waals surface area (Å²) in [4.78, 5) is 28.7. The van der Waals surface area contributed by atoms with Crippen LogP contribution in [0.4, 0.5) is 5.69 Å². The summed E-state index contributed by atoms with van der Waals surface area (Å²) in [5.74, 6) is -0.187. The molecule has 0 saturated carbocycles. The van der Waals surface area contributed by atoms with Crippen LogP contribution in [0.15, 0.2) is 42.5 Å². The van der Waals surface area contributed by atoms with Crippen molar-refractivity contribution in [3.05, 3.63) is 64.7 Å². The van der Waals surface area contributed by atoms with E-state index >= 15 is 0 Å². The number of rotatable bonds is 4. The Morgan fingerprint density at radius 1 is 1.07 bits per heavy atom. The molecule has 28 heavy (non-hydrogen) atoms. The van der Waals surface area contributed by atoms with Gasteiger partial charge >= 0.3 is 5.97 Å². The van der Waals surface area contributed by atoms with Gasteiger partial charge in [0.1, 0.15) is 0 Å². The number of hydrogen-bond acceptors (Lipinski definition) is 4. The number of carbonyl (C=O) groups excluding carboxylic acids is 2. The number of piperazine rings is 1. The SMILES string of the molecule is COC(=O)c1ccc(CN2CCN(c3ccc4c(c3)CCC4)C(=O)[C@@H]2C)cc1. The number of amides is 1. The third kappa shape index (κ3) is 3.54. The molecule has 0 spiro atoms. The van der Waals surface area contributed by atoms with Crippen molar-refractivity contribution in [2.75, 3.05) is 25.1 Å². The highest BCUT2D eigenvalue weighted by Crippen LogP contribution is 2.29. The molecule has 0 unspecified atom stereocenters. The third-order valence-electron chi connectivity index (χ3n) is 5.94. The third-order valence-corrected chi connectivity index (χ3v) is 5.94. The number of fused-ring (bicyclic) bond motifs is 1. The van der Waals surface area contributed by atoms with Crippen LogP contribution in [0.2, 0.25) is 0 Å². The summed E-state index contributed by atoms with van der Waals surface area (Å²) < 4.78 is 4.74. The number of carbonyl (C=O) groups is 2. The molecule has 5 nitrogen and oxygen atoms in total. The second kappa shape index (κ2) is 7.76. The van der Waals surface area contributed by atoms with E-state index in [1.54, 1.807) is 12.1 Å². The smallest absolute Gasteiger partial charge is 0.337 e. The van der Waals surface area contributed by atoms with Crippen molar-refractivity contribution in [1.29, 1.82) is 0 Å². The summed E-state index contributed by atoms with van der Waals surface area (Å²) in [6.07, 6.45) is 3.49. The first-order valence-corrected chi connectivity index (χ1v) is 9.91. The molecule has 1 saturated heterocycles. The molecular weight excluding hydrogens is 352 g/mol. The molecule has 2 aliphatic rings. The number of hydrogen-bond donors (Lipinski definition) is 0. The first-order chi connectivity index (χ1) is 13.6. The lowest BCUT2D eigenvalue weighted by molar-refractivity contribution is -0.125. The van der Waals surface area contributed by atoms with Gasteiger partial charge in [0.25, 0.3) is 0 Å². The minimum Gasteiger partial charge on any atom is -0.465 e. The number of aryl methyl sites for hydroxylation is 2. The molecule has 1 aliphatic heterocycles. The van der Waals surface area contributed by atoms with Gasteiger partial charge in [-0.3, -0.25) is 9.69 Å². The summed E-state index contributed by atoms with van der Waals surface area (Å²) in [5, 5.41) is 0. The largest absolute Gasteiger partial charge is 0.465 e. The fourth-order valence-corrected chi connectivity index (χ4v) is 4.21. The lowest BCUT2D eigenvalue weighted by Gasteiger charge is -2.39. The molecule has 0 aromatic heterocycles. The number of methoxy groups -OCH3 is 1. The van der Waals surface area contributed by atoms with Gasteiger partial charge in [0.15, 0.2) is 0 Å². The maximum Gasteiger partial charge on any atom is 0.337 e. The maximum atomic E-state index is 13.0. The Balaban J connectivity index is 1.44. The van der Waals surface area contributed by atoms with Crippen molar-refractivity contribution in [2.45, 2.75) is 38.8 Å². The van der Waals surface area contributed by atoms with E-state index in [9.17, 15) is 9.59 Å². The zero-order valence-electron chi connectivity index (χ0n) is 16.5. The molecule has 1 heterocycles. The van der Waals surface area contributed by atoms with Crippen LogP contribution in [0.1, 0.15) is 40.4 Å². The van der Waals surface area contributed by atoms with E-state index in [0.29, 0.717) is 18.7 Å². The van der Waals surface area contributed by atoms with Crippen LogP contribution in [0, 0.1) is 0 Å². The van der Waals surface area contributed by atoms with Gasteiger partial charge in [-0.15, -0.1) is 0 Å². The first-order valence-electron chi connectivity index (χ1n) is 9.91. The van der Waals surface area contributed by atoms with E-state index in [2.05, 4.69) is 23.1 Å². The van der Waals surface area contributed by atoms with E-state index in [0.717, 1.165) is 30.6 Å². The number of esters is 1. The lowest BCUT2D eigenvalue weighted by Crippen LogP contribution is -2.55. The van der Waals surface area contributed by atoms with Gasteiger partial charge in [-0.1, -0.05) is 18.2 Å². The number of ether oxygens (including phenoxy) is 1. The highest BCUT2D eigenvalue weighted by Gasteiger charge is 2.32. The standard InChI is InChI=1S/C23H26N2O3/c1-16-22(26)25(21-11-10-18-4-3-5-20(18)14-21)13-12-24(16)15-17-6-8-19(9-7-17)23(27)28-2/h6-11,14,16H,3-5,12-13,15H2,1-2H3/t16-/m0/s1. The summed E-state index contributed by atoms with van der Waals surface area (Å²) in [7, 11) is 1.38. The second-order valence-electron chi connectivity index (χ2n) is 7.63. The fraction of sp³-hybridized carbons (Fsp3) is 0.391. The monoisotopic (exact) mass is 378 g/mol. The molecule has 1 fully saturated rings. The molecule has 0 N–H and O–H groups in total. The minimum atomic E-state index is -0.335. The molecule has 1 amide bonds. The number of benzene rings is 2. The van der Waals surface area contributed by atoms with E-state index in [1.165, 1.54) is 24.7 Å². The summed E-state index contributed by atoms with van der Waals surface area (Å²) in [5.41, 5.74) is 5.47. The van der Waals surface area contributed by atoms with E-state index in [4.69, 9.17) is 4.74 Å². The highest BCUT2D eigenvalue weighted by atomic mass is 16.5. The molecule has 1 atom stereocenters. The number of nitrogens with zero attached hydrogens (tertiary/aromatic N) is 2. The van der Waals surface area contributed by atoms with Crippen molar-refractivity contribution in [1.82, 2.24) is 4.90 Å². The normalized spacial score (nSPS) is 19.6. The fourth-order valence-electron chi connectivity index (χ4n) is 4.21. The van der Waals surface area contributed by atoms with Crippen LogP contribution in [-0.4, -0.2) is 43.0 Å². The Morgan fingerprint density at radius 2 is 1.82 bits per heavy atom. The van der Waals surface area contributed by atoms with Crippen LogP contribution >= 0.6 is 0 Å². The molecule has 0 radical (unpaired) electrons. The Bertz CT molecular complexity index is 891. The molecule has 2 aromatic rings. The Hall–Kier alpha value is -2.66. The minimum absolute atomic E-state index is 0.148. The van der Waals surface area contributed by atoms with E-state index in [-0.39, 0.29) is 17.9 Å². The van der Waals surface area contributed by atoms with Crippen molar-refractivity contribution in [3.8, 4) is 0 Å². The first kappa shape index (κ1) is 18.7. The van der Waals surface area contributed by atoms with Crippen molar-refractivity contribution in [2.24, 2.45) is 0 Å². The zero-order valence-corrected chi connectivity index (χ0v) is 16.5. The predicted molar refractivity (Wildman–Crippen MR) is 108 cm³/mol. The van der Waals surface area contributed by atoms with Gasteiger partial charge in [0.05, 0.1) is 18.7 Å². The van der Waals surface area contributed by atoms with Crippen molar-refractivity contribution in [3.63, 3.8) is 0 Å². The summed E-state index contributed by atoms with van der Waals surface area (Å²) in [6.45, 7) is 4.18. The average molecular weight is 378 g/mol. The van der Waals surface area contributed by atoms with E-state index < -0.39 is 0 Å². The van der Waals surface area contributed by atoms with Gasteiger partial charge in [-0.25, -0.2) is 4.79 Å². The predicted octanol–water partition coefficient (Wildman–Crippen LogP) is 3.20. The van der Waals surface area contributed by atoms with Crippen molar-refractivity contribution >= 4 is 17.6 Å². The molecule has 146 valence electrons. The van der Waals surface area contributed by atoms with Gasteiger partial charge in [-0.05, 0) is 67.1 Å². The van der Waals surface area contributed by atoms with Gasteiger partial charge in [0, 0.05) is 25.3 Å². The average Bonchev–Trinajstić information content (AvgIpc) is 3.19. The summed E-state index contributed by atoms with van der Waals surface area (Å²) >= 11 is 0. The van der Waals surface area contributed by atoms with Crippen LogP contribution in [0.3, 0.4) is 0 Å². The summed E-state index contributed by atoms with van der Waals surface area (Å²) in [6, 6.07) is 13.7. The second-order valence-corrected chi connectivity index (χ2v) is 7.63. The van der Waals surface area contributed by atoms with Crippen LogP contribution in [-0.2, 0) is 28.9 Å². The van der Waals surface area contributed by atoms with Crippen LogP contribution in [0.5, 0.6) is 0 Å². The topological polar surface area (TPSA) is 49.9 Å². The van der Waals surface area contributed by atoms with Gasteiger partial charge in [0.2, 0.25) is 5.91 Å². The molecule has 4 rings (SSSR count). The zero-order chi connectivity index (χ0) is 19.7. The molecule has 5 heteroatoms. The van der Waals surface area contributed by atoms with Crippen LogP contribution < -0.4 is 4.90 Å². The van der Waals surface area contributed by atoms with Gasteiger partial charge < -0.3 is 9.64 Å². The van der Waals surface area contributed by atoms with Crippen LogP contribution in [0.25, 0.3) is 0 Å². The van der Waals surface area contributed by atoms with E-state index in [1.807, 2.05) is 24.0 Å². The molecule has 2 aromatic carbocycles. The lowest BCUT2D eigenvalue weighted by atomic mass is 10.1. The van der Waals surface area contributed by atoms with Crippen molar-refractivity contribution < 1.29 is 14.3 Å².